The Kier molecular flexibility index (Phi) is 2.75. The van der Waals surface area contributed by atoms with E-state index in [1.54, 1.807) is 0 Å². The van der Waals surface area contributed by atoms with Crippen molar-refractivity contribution in [1.82, 2.24) is 9.78 Å². The van der Waals surface area contributed by atoms with Gasteiger partial charge in [-0.15, -0.1) is 11.8 Å². The first-order chi connectivity index (χ1) is 9.84. The summed E-state index contributed by atoms with van der Waals surface area (Å²) in [5.41, 5.74) is 2.18. The van der Waals surface area contributed by atoms with Crippen LogP contribution in [0.5, 0.6) is 0 Å². The monoisotopic (exact) mass is 297 g/mol. The molecule has 0 bridgehead atoms. The van der Waals surface area contributed by atoms with Gasteiger partial charge in [-0.05, 0) is 24.3 Å². The summed E-state index contributed by atoms with van der Waals surface area (Å²) in [7, 11) is 0. The van der Waals surface area contributed by atoms with Gasteiger partial charge in [0.1, 0.15) is 5.69 Å². The molecule has 2 aromatic carbocycles. The third kappa shape index (κ3) is 1.74. The van der Waals surface area contributed by atoms with Gasteiger partial charge in [-0.2, -0.15) is 0 Å². The molecular weight excluding hydrogens is 286 g/mol. The standard InChI is InChI=1S/C15H11N3S2/c19-15-16-18-12-8-4-5-9-13(12)20-10-14(18)17(15)11-6-2-1-3-7-11/h1-9H,10H2. The van der Waals surface area contributed by atoms with Crippen molar-refractivity contribution in [2.75, 3.05) is 0 Å². The van der Waals surface area contributed by atoms with Crippen LogP contribution in [0.2, 0.25) is 0 Å². The van der Waals surface area contributed by atoms with E-state index in [1.807, 2.05) is 40.7 Å². The molecule has 98 valence electrons. The molecule has 1 aliphatic heterocycles. The average molecular weight is 297 g/mol. The number of aromatic nitrogens is 3. The number of hydrogen-bond acceptors (Lipinski definition) is 3. The van der Waals surface area contributed by atoms with Crippen LogP contribution in [-0.2, 0) is 18.4 Å². The molecule has 0 atom stereocenters. The molecule has 0 aliphatic carbocycles. The van der Waals surface area contributed by atoms with Crippen molar-refractivity contribution in [2.45, 2.75) is 15.8 Å². The zero-order chi connectivity index (χ0) is 13.5. The summed E-state index contributed by atoms with van der Waals surface area (Å²) >= 11 is 7.28. The van der Waals surface area contributed by atoms with Crippen LogP contribution in [0.15, 0.2) is 64.6 Å². The lowest BCUT2D eigenvalue weighted by Crippen LogP contribution is -2.37. The predicted molar refractivity (Wildman–Crippen MR) is 80.3 cm³/mol. The van der Waals surface area contributed by atoms with E-state index in [0.717, 1.165) is 23.0 Å². The summed E-state index contributed by atoms with van der Waals surface area (Å²) in [6.07, 6.45) is 0. The van der Waals surface area contributed by atoms with E-state index in [9.17, 15) is 0 Å². The fourth-order valence-electron chi connectivity index (χ4n) is 2.44. The van der Waals surface area contributed by atoms with Gasteiger partial charge in [-0.25, -0.2) is 4.57 Å². The van der Waals surface area contributed by atoms with Crippen molar-refractivity contribution >= 4 is 24.4 Å². The van der Waals surface area contributed by atoms with Crippen molar-refractivity contribution in [2.24, 2.45) is 0 Å². The Labute approximate surface area is 126 Å². The summed E-state index contributed by atoms with van der Waals surface area (Å²) < 4.78 is 4.03. The van der Waals surface area contributed by atoms with Gasteiger partial charge >= 0.3 is 0 Å². The lowest BCUT2D eigenvalue weighted by atomic mass is 10.3. The maximum atomic E-state index is 5.45. The van der Waals surface area contributed by atoms with E-state index in [-0.39, 0.29) is 0 Å². The van der Waals surface area contributed by atoms with Crippen LogP contribution in [0.25, 0.3) is 11.4 Å². The van der Waals surface area contributed by atoms with Crippen LogP contribution in [-0.4, -0.2) is 9.78 Å². The predicted octanol–water partition coefficient (Wildman–Crippen LogP) is 2.66. The first-order valence-corrected chi connectivity index (χ1v) is 7.72. The molecule has 4 rings (SSSR count). The minimum atomic E-state index is 0.600. The molecule has 0 N–H and O–H groups in total. The van der Waals surface area contributed by atoms with Crippen LogP contribution >= 0.6 is 11.8 Å². The summed E-state index contributed by atoms with van der Waals surface area (Å²) in [4.78, 5) is 1.25. The molecule has 3 nitrogen and oxygen atoms in total. The van der Waals surface area contributed by atoms with Crippen LogP contribution < -0.4 is 4.57 Å². The quantitative estimate of drug-likeness (QED) is 0.509. The first kappa shape index (κ1) is 11.9. The Morgan fingerprint density at radius 2 is 1.80 bits per heavy atom. The largest absolute Gasteiger partial charge is 0.702 e. The lowest BCUT2D eigenvalue weighted by Gasteiger charge is -2.12. The number of benzene rings is 2. The second-order valence-corrected chi connectivity index (χ2v) is 5.92. The molecule has 1 aliphatic rings. The van der Waals surface area contributed by atoms with Crippen LogP contribution in [0.3, 0.4) is 0 Å². The summed E-state index contributed by atoms with van der Waals surface area (Å²) in [6.45, 7) is 0. The minimum Gasteiger partial charge on any atom is -0.702 e. The lowest BCUT2D eigenvalue weighted by molar-refractivity contribution is -0.643. The molecule has 0 unspecified atom stereocenters. The number of para-hydroxylation sites is 2. The molecule has 2 heterocycles. The highest BCUT2D eigenvalue weighted by atomic mass is 32.2. The van der Waals surface area contributed by atoms with Gasteiger partial charge in [0.05, 0.1) is 10.6 Å². The smallest absolute Gasteiger partial charge is 0.256 e. The average Bonchev–Trinajstić information content (AvgIpc) is 2.84. The zero-order valence-corrected chi connectivity index (χ0v) is 12.2. The Morgan fingerprint density at radius 3 is 2.65 bits per heavy atom. The van der Waals surface area contributed by atoms with E-state index in [1.165, 1.54) is 4.90 Å². The number of thioether (sulfide) groups is 1. The molecule has 0 fully saturated rings. The van der Waals surface area contributed by atoms with E-state index in [2.05, 4.69) is 40.0 Å². The highest BCUT2D eigenvalue weighted by Gasteiger charge is 2.28. The molecule has 20 heavy (non-hydrogen) atoms. The van der Waals surface area contributed by atoms with E-state index >= 15 is 0 Å². The highest BCUT2D eigenvalue weighted by molar-refractivity contribution is 7.98. The molecule has 1 aromatic heterocycles. The van der Waals surface area contributed by atoms with Gasteiger partial charge in [0.15, 0.2) is 10.8 Å². The Hall–Kier alpha value is -1.85. The summed E-state index contributed by atoms with van der Waals surface area (Å²) in [5, 5.41) is 5.15. The summed E-state index contributed by atoms with van der Waals surface area (Å²) in [5.74, 6) is 1.99. The topological polar surface area (TPSA) is 21.7 Å². The van der Waals surface area contributed by atoms with Gasteiger partial charge in [-0.1, -0.05) is 35.0 Å². The van der Waals surface area contributed by atoms with E-state index in [0.29, 0.717) is 5.16 Å². The molecule has 0 saturated carbocycles. The maximum absolute atomic E-state index is 5.45. The van der Waals surface area contributed by atoms with Gasteiger partial charge < -0.3 is 12.6 Å². The second-order valence-electron chi connectivity index (χ2n) is 4.54. The van der Waals surface area contributed by atoms with Crippen molar-refractivity contribution in [3.8, 4) is 11.4 Å². The van der Waals surface area contributed by atoms with Gasteiger partial charge in [-0.3, -0.25) is 0 Å². The van der Waals surface area contributed by atoms with Crippen molar-refractivity contribution in [3.05, 3.63) is 60.4 Å². The first-order valence-electron chi connectivity index (χ1n) is 6.33. The second kappa shape index (κ2) is 4.61. The van der Waals surface area contributed by atoms with E-state index in [4.69, 9.17) is 12.6 Å². The molecule has 0 saturated heterocycles. The van der Waals surface area contributed by atoms with Crippen LogP contribution in [0.4, 0.5) is 0 Å². The fraction of sp³-hybridized carbons (Fsp3) is 0.0667. The van der Waals surface area contributed by atoms with E-state index < -0.39 is 0 Å². The molecule has 3 aromatic rings. The third-order valence-electron chi connectivity index (χ3n) is 3.34. The van der Waals surface area contributed by atoms with Gasteiger partial charge in [0.25, 0.3) is 5.82 Å². The highest BCUT2D eigenvalue weighted by Crippen LogP contribution is 2.33. The summed E-state index contributed by atoms with van der Waals surface area (Å²) in [6, 6.07) is 18.5. The Morgan fingerprint density at radius 1 is 1.05 bits per heavy atom. The SMILES string of the molecule is [S-]c1nn2c([n+]1-c1ccccc1)CSc1ccccc1-2. The van der Waals surface area contributed by atoms with Crippen LogP contribution in [0.1, 0.15) is 5.82 Å². The normalized spacial score (nSPS) is 12.8. The van der Waals surface area contributed by atoms with Crippen LogP contribution in [0, 0.1) is 0 Å². The molecule has 5 heteroatoms. The molecular formula is C15H11N3S2. The minimum absolute atomic E-state index is 0.600. The molecule has 0 amide bonds. The number of fused-ring (bicyclic) bond motifs is 3. The molecule has 0 radical (unpaired) electrons. The zero-order valence-electron chi connectivity index (χ0n) is 10.6. The fourth-order valence-corrected chi connectivity index (χ4v) is 3.75. The number of rotatable bonds is 1. The van der Waals surface area contributed by atoms with Crippen molar-refractivity contribution < 1.29 is 4.57 Å². The third-order valence-corrected chi connectivity index (χ3v) is 4.67. The van der Waals surface area contributed by atoms with Gasteiger partial charge in [0, 0.05) is 5.10 Å². The van der Waals surface area contributed by atoms with Gasteiger partial charge in [0.2, 0.25) is 0 Å². The maximum Gasteiger partial charge on any atom is 0.256 e. The Balaban J connectivity index is 1.97. The number of hydrogen-bond donors (Lipinski definition) is 0. The van der Waals surface area contributed by atoms with Crippen molar-refractivity contribution in [3.63, 3.8) is 0 Å². The van der Waals surface area contributed by atoms with Crippen molar-refractivity contribution in [1.29, 1.82) is 0 Å². The number of nitrogens with zero attached hydrogens (tertiary/aromatic N) is 3. The Bertz CT molecular complexity index is 781. The molecule has 0 spiro atoms.